The Morgan fingerprint density at radius 2 is 1.01 bits per heavy atom. The third-order valence-electron chi connectivity index (χ3n) is 16.5. The summed E-state index contributed by atoms with van der Waals surface area (Å²) in [4.78, 5) is 79.6. The van der Waals surface area contributed by atoms with Crippen LogP contribution in [0, 0.1) is 43.5 Å². The number of anilines is 1. The first kappa shape index (κ1) is 77.3. The van der Waals surface area contributed by atoms with Crippen LogP contribution in [-0.4, -0.2) is 154 Å². The predicted molar refractivity (Wildman–Crippen MR) is 375 cm³/mol. The number of carbonyl (C=O) groups is 2. The minimum Gasteiger partial charge on any atom is -0.497 e. The highest BCUT2D eigenvalue weighted by Gasteiger charge is 2.42. The third-order valence-corrected chi connectivity index (χ3v) is 17.4. The number of hydrogen-bond acceptors (Lipinski definition) is 18. The zero-order valence-electron chi connectivity index (χ0n) is 57.1. The quantitative estimate of drug-likeness (QED) is 0.0488. The SMILES string of the molecule is COc1ccc(Cn2c(=O)c([N+](=O)[O-])c(Cl)c3cc(Cl)c(-c4c(F)cccc4OC)c(F)c32)cc1.COc1ccc(Cn2c(=O)c([N+](=O)[O-])c(N3C[C@@H](C)N(C(=O)OC(C)(C)C)C[C@@H]3CO)c3cc(Cl)c(-c4c(F)cccc4OC)c(F)c32)cc1.C[C@@H]1CN[C@@H](CO)CN1C(=O)OC(C)(C)C. The lowest BCUT2D eigenvalue weighted by Crippen LogP contribution is -2.61. The molecule has 3 N–H and O–H groups in total. The Labute approximate surface area is 592 Å². The molecule has 0 aliphatic carbocycles. The van der Waals surface area contributed by atoms with Crippen LogP contribution in [0.3, 0.4) is 0 Å². The van der Waals surface area contributed by atoms with Gasteiger partial charge in [-0.2, -0.15) is 0 Å². The summed E-state index contributed by atoms with van der Waals surface area (Å²) in [6, 6.07) is 21.6. The van der Waals surface area contributed by atoms with Gasteiger partial charge in [-0.1, -0.05) is 71.2 Å². The molecule has 4 atom stereocenters. The monoisotopic (exact) mass is 1460 g/mol. The van der Waals surface area contributed by atoms with Gasteiger partial charge in [0, 0.05) is 66.2 Å². The number of aliphatic hydroxyl groups excluding tert-OH is 2. The first-order chi connectivity index (χ1) is 47.6. The lowest BCUT2D eigenvalue weighted by Gasteiger charge is -2.45. The highest BCUT2D eigenvalue weighted by Crippen LogP contribution is 2.47. The number of nitro groups is 2. The van der Waals surface area contributed by atoms with E-state index in [1.54, 1.807) is 81.1 Å². The van der Waals surface area contributed by atoms with Gasteiger partial charge in [0.2, 0.25) is 0 Å². The number of aromatic nitrogens is 2. The molecule has 24 nitrogen and oxygen atoms in total. The molecule has 2 fully saturated rings. The molecule has 2 saturated heterocycles. The second-order valence-corrected chi connectivity index (χ2v) is 26.8. The van der Waals surface area contributed by atoms with Crippen LogP contribution in [0.2, 0.25) is 15.1 Å². The zero-order chi connectivity index (χ0) is 74.4. The van der Waals surface area contributed by atoms with Crippen molar-refractivity contribution in [2.75, 3.05) is 72.7 Å². The van der Waals surface area contributed by atoms with Crippen molar-refractivity contribution in [3.05, 3.63) is 187 Å². The number of piperazine rings is 2. The van der Waals surface area contributed by atoms with Crippen molar-refractivity contribution in [3.63, 3.8) is 0 Å². The van der Waals surface area contributed by atoms with Gasteiger partial charge in [-0.05, 0) is 127 Å². The Balaban J connectivity index is 0.000000219. The Bertz CT molecular complexity index is 4580. The summed E-state index contributed by atoms with van der Waals surface area (Å²) in [6.45, 7) is 14.1. The lowest BCUT2D eigenvalue weighted by molar-refractivity contribution is -0.386. The van der Waals surface area contributed by atoms with E-state index < -0.39 is 108 Å². The van der Waals surface area contributed by atoms with E-state index in [2.05, 4.69) is 5.32 Å². The average molecular weight is 1470 g/mol. The number of hydrogen-bond donors (Lipinski definition) is 3. The molecule has 0 radical (unpaired) electrons. The molecule has 10 rings (SSSR count). The molecule has 8 aromatic rings. The Kier molecular flexibility index (Phi) is 24.5. The third kappa shape index (κ3) is 16.8. The number of nitrogens with zero attached hydrogens (tertiary/aromatic N) is 7. The fourth-order valence-electron chi connectivity index (χ4n) is 11.7. The van der Waals surface area contributed by atoms with E-state index in [0.29, 0.717) is 35.7 Å². The van der Waals surface area contributed by atoms with Gasteiger partial charge < -0.3 is 58.7 Å². The molecule has 0 bridgehead atoms. The molecule has 2 aliphatic heterocycles. The standard InChI is InChI=1S/C35H37ClF2N4O8.C24H16Cl2F2N2O5.C11H22N2O3/c1-19-15-40(21(18-43)17-39(19)34(45)50-35(2,3)4)31-23-14-24(36)27(28-25(37)8-7-9-26(28)49-6)29(38)30(23)41(33(44)32(31)42(46)47)16-20-10-12-22(48-5)13-11-20;1-34-13-8-6-12(7-9-13)11-29-22-14(20(26)23(24(29)31)30(32)33)10-15(25)18(21(22)28)19-16(27)4-3-5-17(19)35-2;1-8-5-12-9(7-14)6-13(8)10(15)16-11(2,3)4/h7-14,19,21,43H,15-18H2,1-6H3;3-10H,11H2,1-2H3;8-9,12,14H,5-7H2,1-4H3/t19-,21-;;8-,9-/m1.1/s1. The maximum atomic E-state index is 17.2. The van der Waals surface area contributed by atoms with Crippen LogP contribution in [0.5, 0.6) is 23.0 Å². The second-order valence-electron chi connectivity index (χ2n) is 25.6. The summed E-state index contributed by atoms with van der Waals surface area (Å²) in [5.74, 6) is -2.87. The molecular weight excluding hydrogens is 1390 g/mol. The summed E-state index contributed by atoms with van der Waals surface area (Å²) in [7, 11) is 5.51. The van der Waals surface area contributed by atoms with Gasteiger partial charge in [0.15, 0.2) is 11.6 Å². The van der Waals surface area contributed by atoms with Crippen molar-refractivity contribution in [3.8, 4) is 45.3 Å². The van der Waals surface area contributed by atoms with E-state index in [9.17, 15) is 48.9 Å². The van der Waals surface area contributed by atoms with Gasteiger partial charge in [0.25, 0.3) is 0 Å². The van der Waals surface area contributed by atoms with E-state index in [1.807, 2.05) is 27.7 Å². The maximum absolute atomic E-state index is 17.2. The zero-order valence-corrected chi connectivity index (χ0v) is 59.4. The molecule has 0 saturated carbocycles. The molecule has 540 valence electrons. The van der Waals surface area contributed by atoms with Crippen molar-refractivity contribution >= 4 is 85.9 Å². The van der Waals surface area contributed by atoms with Gasteiger partial charge in [-0.15, -0.1) is 0 Å². The fraction of sp³-hybridized carbons (Fsp3) is 0.371. The molecule has 31 heteroatoms. The minimum absolute atomic E-state index is 0.00205. The largest absolute Gasteiger partial charge is 0.497 e. The number of benzene rings is 6. The Hall–Kier alpha value is -9.45. The van der Waals surface area contributed by atoms with E-state index in [4.69, 9.17) is 68.3 Å². The first-order valence-electron chi connectivity index (χ1n) is 31.4. The van der Waals surface area contributed by atoms with Gasteiger partial charge in [0.1, 0.15) is 56.5 Å². The summed E-state index contributed by atoms with van der Waals surface area (Å²) < 4.78 is 97.2. The number of aliphatic hydroxyl groups is 2. The molecule has 101 heavy (non-hydrogen) atoms. The molecule has 0 unspecified atom stereocenters. The predicted octanol–water partition coefficient (Wildman–Crippen LogP) is 13.2. The number of amides is 2. The van der Waals surface area contributed by atoms with Gasteiger partial charge in [0.05, 0.1) is 103 Å². The summed E-state index contributed by atoms with van der Waals surface area (Å²) in [5, 5.41) is 45.8. The van der Waals surface area contributed by atoms with E-state index in [-0.39, 0.29) is 111 Å². The average Bonchev–Trinajstić information content (AvgIpc) is 0.726. The van der Waals surface area contributed by atoms with Crippen LogP contribution < -0.4 is 40.3 Å². The number of rotatable bonds is 15. The Morgan fingerprint density at radius 1 is 0.584 bits per heavy atom. The molecule has 2 aromatic heterocycles. The topological polar surface area (TPSA) is 282 Å². The number of nitrogens with one attached hydrogen (secondary N) is 1. The van der Waals surface area contributed by atoms with E-state index in [1.165, 1.54) is 74.6 Å². The van der Waals surface area contributed by atoms with Crippen LogP contribution in [0.15, 0.2) is 107 Å². The van der Waals surface area contributed by atoms with Crippen molar-refractivity contribution in [2.45, 2.75) is 104 Å². The number of carbonyl (C=O) groups excluding carboxylic acids is 2. The van der Waals surface area contributed by atoms with Crippen molar-refractivity contribution in [1.82, 2.24) is 24.3 Å². The minimum atomic E-state index is -1.15. The van der Waals surface area contributed by atoms with Crippen LogP contribution in [0.25, 0.3) is 44.1 Å². The number of ether oxygens (including phenoxy) is 6. The molecular formula is C70H75Cl3F4N8O16. The van der Waals surface area contributed by atoms with Gasteiger partial charge >= 0.3 is 34.7 Å². The molecule has 2 aliphatic rings. The smallest absolute Gasteiger partial charge is 0.410 e. The van der Waals surface area contributed by atoms with Crippen LogP contribution in [-0.2, 0) is 22.6 Å². The highest BCUT2D eigenvalue weighted by atomic mass is 35.5. The first-order valence-corrected chi connectivity index (χ1v) is 32.5. The van der Waals surface area contributed by atoms with Crippen LogP contribution >= 0.6 is 34.8 Å². The number of methoxy groups -OCH3 is 4. The maximum Gasteiger partial charge on any atom is 0.410 e. The number of pyridine rings is 2. The molecule has 6 aromatic carbocycles. The van der Waals surface area contributed by atoms with Crippen molar-refractivity contribution < 1.29 is 75.6 Å². The molecule has 0 spiro atoms. The molecule has 4 heterocycles. The fourth-order valence-corrected chi connectivity index (χ4v) is 12.6. The summed E-state index contributed by atoms with van der Waals surface area (Å²) in [5.41, 5.74) is -6.84. The Morgan fingerprint density at radius 3 is 1.42 bits per heavy atom. The van der Waals surface area contributed by atoms with Crippen molar-refractivity contribution in [1.29, 1.82) is 0 Å². The lowest BCUT2D eigenvalue weighted by atomic mass is 9.98. The van der Waals surface area contributed by atoms with Crippen LogP contribution in [0.4, 0.5) is 44.2 Å². The highest BCUT2D eigenvalue weighted by molar-refractivity contribution is 6.39. The normalized spacial score (nSPS) is 16.2. The molecule has 2 amide bonds. The summed E-state index contributed by atoms with van der Waals surface area (Å²) >= 11 is 19.3. The number of fused-ring (bicyclic) bond motifs is 2. The summed E-state index contributed by atoms with van der Waals surface area (Å²) in [6.07, 6.45) is -0.963. The second kappa shape index (κ2) is 32.0. The van der Waals surface area contributed by atoms with E-state index >= 15 is 13.2 Å². The number of halogens is 7. The van der Waals surface area contributed by atoms with E-state index in [0.717, 1.165) is 21.3 Å². The van der Waals surface area contributed by atoms with Gasteiger partial charge in [-0.25, -0.2) is 27.2 Å². The van der Waals surface area contributed by atoms with Crippen LogP contribution in [0.1, 0.15) is 66.5 Å². The van der Waals surface area contributed by atoms with Gasteiger partial charge in [-0.3, -0.25) is 39.0 Å². The van der Waals surface area contributed by atoms with Crippen molar-refractivity contribution in [2.24, 2.45) is 0 Å².